The molecule has 0 aliphatic rings. The highest BCUT2D eigenvalue weighted by Gasteiger charge is 2.21. The molecule has 136 valence electrons. The summed E-state index contributed by atoms with van der Waals surface area (Å²) >= 11 is 5.42. The Morgan fingerprint density at radius 2 is 1.77 bits per heavy atom. The first-order chi connectivity index (χ1) is 12.4. The van der Waals surface area contributed by atoms with Crippen molar-refractivity contribution < 1.29 is 24.6 Å². The van der Waals surface area contributed by atoms with Crippen LogP contribution in [-0.2, 0) is 16.0 Å². The first-order valence-corrected chi connectivity index (χ1v) is 8.20. The Morgan fingerprint density at radius 1 is 1.08 bits per heavy atom. The van der Waals surface area contributed by atoms with E-state index in [1.807, 2.05) is 0 Å². The lowest BCUT2D eigenvalue weighted by molar-refractivity contribution is -0.139. The first-order valence-electron chi connectivity index (χ1n) is 7.66. The molecule has 0 heterocycles. The van der Waals surface area contributed by atoms with Crippen LogP contribution in [0.5, 0.6) is 5.75 Å². The van der Waals surface area contributed by atoms with Crippen molar-refractivity contribution in [2.75, 3.05) is 11.2 Å². The summed E-state index contributed by atoms with van der Waals surface area (Å²) < 4.78 is 0. The summed E-state index contributed by atoms with van der Waals surface area (Å²) in [6, 6.07) is 11.0. The highest BCUT2D eigenvalue weighted by molar-refractivity contribution is 6.29. The Kier molecular flexibility index (Phi) is 6.57. The van der Waals surface area contributed by atoms with Crippen LogP contribution in [0.2, 0.25) is 0 Å². The topological polar surface area (TPSA) is 116 Å². The molecule has 0 spiro atoms. The molecular formula is C18H17ClN2O5. The number of anilines is 1. The molecule has 0 aliphatic heterocycles. The van der Waals surface area contributed by atoms with Gasteiger partial charge in [-0.2, -0.15) is 0 Å². The van der Waals surface area contributed by atoms with E-state index in [1.165, 1.54) is 24.3 Å². The van der Waals surface area contributed by atoms with Gasteiger partial charge in [0.15, 0.2) is 0 Å². The number of phenols is 1. The van der Waals surface area contributed by atoms with Gasteiger partial charge in [0.1, 0.15) is 17.7 Å². The Labute approximate surface area is 154 Å². The van der Waals surface area contributed by atoms with Gasteiger partial charge in [-0.05, 0) is 35.9 Å². The van der Waals surface area contributed by atoms with E-state index < -0.39 is 23.8 Å². The van der Waals surface area contributed by atoms with Crippen LogP contribution in [0.4, 0.5) is 5.69 Å². The van der Waals surface area contributed by atoms with Gasteiger partial charge >= 0.3 is 5.97 Å². The summed E-state index contributed by atoms with van der Waals surface area (Å²) in [5, 5.41) is 23.6. The van der Waals surface area contributed by atoms with Crippen molar-refractivity contribution in [2.45, 2.75) is 12.5 Å². The molecule has 4 N–H and O–H groups in total. The van der Waals surface area contributed by atoms with Crippen LogP contribution in [0, 0.1) is 0 Å². The van der Waals surface area contributed by atoms with E-state index in [1.54, 1.807) is 24.3 Å². The van der Waals surface area contributed by atoms with Gasteiger partial charge in [0.25, 0.3) is 5.91 Å². The smallest absolute Gasteiger partial charge is 0.326 e. The van der Waals surface area contributed by atoms with E-state index in [0.717, 1.165) is 0 Å². The van der Waals surface area contributed by atoms with Crippen molar-refractivity contribution in [1.82, 2.24) is 5.32 Å². The maximum Gasteiger partial charge on any atom is 0.326 e. The molecule has 0 aromatic heterocycles. The molecule has 8 heteroatoms. The van der Waals surface area contributed by atoms with E-state index in [4.69, 9.17) is 11.6 Å². The number of aromatic hydroxyl groups is 1. The number of carboxylic acid groups (broad SMARTS) is 1. The summed E-state index contributed by atoms with van der Waals surface area (Å²) in [5.41, 5.74) is 1.24. The fourth-order valence-corrected chi connectivity index (χ4v) is 2.31. The first kappa shape index (κ1) is 19.3. The number of aliphatic carboxylic acids is 1. The average Bonchev–Trinajstić information content (AvgIpc) is 2.62. The van der Waals surface area contributed by atoms with Crippen LogP contribution < -0.4 is 10.6 Å². The second-order valence-corrected chi connectivity index (χ2v) is 5.76. The number of carboxylic acids is 1. The maximum atomic E-state index is 12.4. The number of halogens is 1. The van der Waals surface area contributed by atoms with Crippen molar-refractivity contribution in [1.29, 1.82) is 0 Å². The van der Waals surface area contributed by atoms with Gasteiger partial charge in [0.2, 0.25) is 5.91 Å². The summed E-state index contributed by atoms with van der Waals surface area (Å²) in [6.07, 6.45) is 0.0596. The monoisotopic (exact) mass is 376 g/mol. The summed E-state index contributed by atoms with van der Waals surface area (Å²) in [6.45, 7) is 0. The third-order valence-electron chi connectivity index (χ3n) is 3.51. The maximum absolute atomic E-state index is 12.4. The van der Waals surface area contributed by atoms with Gasteiger partial charge in [-0.15, -0.1) is 11.6 Å². The van der Waals surface area contributed by atoms with E-state index >= 15 is 0 Å². The second-order valence-electron chi connectivity index (χ2n) is 5.50. The van der Waals surface area contributed by atoms with Gasteiger partial charge in [-0.25, -0.2) is 4.79 Å². The fourth-order valence-electron chi connectivity index (χ4n) is 2.24. The molecule has 2 rings (SSSR count). The second kappa shape index (κ2) is 8.87. The zero-order valence-electron chi connectivity index (χ0n) is 13.6. The summed E-state index contributed by atoms with van der Waals surface area (Å²) in [7, 11) is 0. The minimum atomic E-state index is -1.18. The number of nitrogens with one attached hydrogen (secondary N) is 2. The van der Waals surface area contributed by atoms with Crippen LogP contribution >= 0.6 is 11.6 Å². The standard InChI is InChI=1S/C18H17ClN2O5/c19-10-16(23)20-13-3-1-2-12(9-13)17(24)21-15(18(25)26)8-11-4-6-14(22)7-5-11/h1-7,9,15,22H,8,10H2,(H,20,23)(H,21,24)(H,25,26). The predicted molar refractivity (Wildman–Crippen MR) is 96.5 cm³/mol. The van der Waals surface area contributed by atoms with Crippen LogP contribution in [-0.4, -0.2) is 39.9 Å². The number of amides is 2. The number of hydrogen-bond donors (Lipinski definition) is 4. The molecular weight excluding hydrogens is 360 g/mol. The molecule has 7 nitrogen and oxygen atoms in total. The minimum Gasteiger partial charge on any atom is -0.508 e. The lowest BCUT2D eigenvalue weighted by Gasteiger charge is -2.15. The molecule has 1 unspecified atom stereocenters. The molecule has 1 atom stereocenters. The van der Waals surface area contributed by atoms with Crippen molar-refractivity contribution in [3.63, 3.8) is 0 Å². The molecule has 2 aromatic rings. The lowest BCUT2D eigenvalue weighted by atomic mass is 10.1. The Bertz CT molecular complexity index is 807. The highest BCUT2D eigenvalue weighted by Crippen LogP contribution is 2.13. The van der Waals surface area contributed by atoms with Gasteiger partial charge in [0, 0.05) is 17.7 Å². The quantitative estimate of drug-likeness (QED) is 0.551. The summed E-state index contributed by atoms with van der Waals surface area (Å²) in [5.74, 6) is -2.33. The number of phenolic OH excluding ortho intramolecular Hbond substituents is 1. The third kappa shape index (κ3) is 5.49. The zero-order chi connectivity index (χ0) is 19.1. The molecule has 0 saturated carbocycles. The average molecular weight is 377 g/mol. The number of carbonyl (C=O) groups excluding carboxylic acids is 2. The molecule has 0 aliphatic carbocycles. The van der Waals surface area contributed by atoms with Crippen molar-refractivity contribution in [2.24, 2.45) is 0 Å². The normalized spacial score (nSPS) is 11.4. The number of rotatable bonds is 7. The lowest BCUT2D eigenvalue weighted by Crippen LogP contribution is -2.42. The van der Waals surface area contributed by atoms with Gasteiger partial charge in [0.05, 0.1) is 0 Å². The van der Waals surface area contributed by atoms with Crippen molar-refractivity contribution in [3.8, 4) is 5.75 Å². The SMILES string of the molecule is O=C(CCl)Nc1cccc(C(=O)NC(Cc2ccc(O)cc2)C(=O)O)c1. The molecule has 2 amide bonds. The largest absolute Gasteiger partial charge is 0.508 e. The molecule has 0 fully saturated rings. The number of hydrogen-bond acceptors (Lipinski definition) is 4. The van der Waals surface area contributed by atoms with Crippen molar-refractivity contribution >= 4 is 35.1 Å². The van der Waals surface area contributed by atoms with Gasteiger partial charge < -0.3 is 20.8 Å². The minimum absolute atomic E-state index is 0.0596. The van der Waals surface area contributed by atoms with Gasteiger partial charge in [-0.3, -0.25) is 9.59 Å². The number of alkyl halides is 1. The number of benzene rings is 2. The van der Waals surface area contributed by atoms with E-state index in [-0.39, 0.29) is 23.6 Å². The fraction of sp³-hybridized carbons (Fsp3) is 0.167. The molecule has 2 aromatic carbocycles. The Hall–Kier alpha value is -3.06. The Balaban J connectivity index is 2.09. The van der Waals surface area contributed by atoms with E-state index in [0.29, 0.717) is 11.3 Å². The van der Waals surface area contributed by atoms with Crippen LogP contribution in [0.3, 0.4) is 0 Å². The molecule has 0 saturated heterocycles. The third-order valence-corrected chi connectivity index (χ3v) is 3.75. The molecule has 0 radical (unpaired) electrons. The van der Waals surface area contributed by atoms with Gasteiger partial charge in [-0.1, -0.05) is 18.2 Å². The zero-order valence-corrected chi connectivity index (χ0v) is 14.4. The van der Waals surface area contributed by atoms with Crippen LogP contribution in [0.15, 0.2) is 48.5 Å². The van der Waals surface area contributed by atoms with E-state index in [2.05, 4.69) is 10.6 Å². The van der Waals surface area contributed by atoms with E-state index in [9.17, 15) is 24.6 Å². The number of carbonyl (C=O) groups is 3. The Morgan fingerprint density at radius 3 is 2.38 bits per heavy atom. The molecule has 26 heavy (non-hydrogen) atoms. The molecule has 0 bridgehead atoms. The van der Waals surface area contributed by atoms with Crippen LogP contribution in [0.1, 0.15) is 15.9 Å². The summed E-state index contributed by atoms with van der Waals surface area (Å²) in [4.78, 5) is 35.1. The van der Waals surface area contributed by atoms with Crippen molar-refractivity contribution in [3.05, 3.63) is 59.7 Å². The highest BCUT2D eigenvalue weighted by atomic mass is 35.5. The predicted octanol–water partition coefficient (Wildman–Crippen LogP) is 2.00. The van der Waals surface area contributed by atoms with Crippen LogP contribution in [0.25, 0.3) is 0 Å².